The molecule has 28 heavy (non-hydrogen) atoms. The van der Waals surface area contributed by atoms with Crippen molar-refractivity contribution < 1.29 is 23.9 Å². The molecule has 148 valence electrons. The first-order valence-electron chi connectivity index (χ1n) is 9.58. The molecule has 2 atom stereocenters. The molecule has 1 aliphatic carbocycles. The lowest BCUT2D eigenvalue weighted by atomic mass is 9.72. The monoisotopic (exact) mass is 383 g/mol. The van der Waals surface area contributed by atoms with E-state index in [9.17, 15) is 14.4 Å². The van der Waals surface area contributed by atoms with Crippen LogP contribution in [0.15, 0.2) is 40.5 Å². The number of aliphatic imine (C=N–C) groups is 1. The summed E-state index contributed by atoms with van der Waals surface area (Å²) in [6, 6.07) is 6.94. The molecule has 0 N–H and O–H groups in total. The molecule has 0 spiro atoms. The van der Waals surface area contributed by atoms with E-state index in [2.05, 4.69) is 4.99 Å². The maximum absolute atomic E-state index is 12.9. The number of hydrogen-bond acceptors (Lipinski definition) is 6. The minimum absolute atomic E-state index is 0.0360. The molecule has 1 heterocycles. The standard InChI is InChI=1S/C22H25NO5/c1-12(2)27-22(26)19-13(3)23-17-6-5-7-18(25)21(17)20(19)15-8-10-16(11-9-15)28-14(4)24/h8-12,19-20H,5-7H2,1-4H3/t19?,20-/m1/s1. The second-order valence-corrected chi connectivity index (χ2v) is 7.49. The van der Waals surface area contributed by atoms with Crippen LogP contribution in [0.1, 0.15) is 58.4 Å². The number of ketones is 1. The molecule has 1 aliphatic heterocycles. The highest BCUT2D eigenvalue weighted by Crippen LogP contribution is 2.43. The minimum atomic E-state index is -0.650. The molecule has 0 saturated carbocycles. The number of nitrogens with zero attached hydrogens (tertiary/aromatic N) is 1. The first-order valence-corrected chi connectivity index (χ1v) is 9.58. The molecule has 0 saturated heterocycles. The number of benzene rings is 1. The lowest BCUT2D eigenvalue weighted by Crippen LogP contribution is -2.38. The second-order valence-electron chi connectivity index (χ2n) is 7.49. The van der Waals surface area contributed by atoms with E-state index >= 15 is 0 Å². The van der Waals surface area contributed by atoms with Gasteiger partial charge in [-0.2, -0.15) is 0 Å². The highest BCUT2D eigenvalue weighted by Gasteiger charge is 2.43. The molecular weight excluding hydrogens is 358 g/mol. The van der Waals surface area contributed by atoms with Crippen LogP contribution < -0.4 is 4.74 Å². The second kappa shape index (κ2) is 8.09. The number of carbonyl (C=O) groups is 3. The fourth-order valence-electron chi connectivity index (χ4n) is 3.89. The number of Topliss-reactive ketones (excluding diaryl/α,β-unsaturated/α-hetero) is 1. The van der Waals surface area contributed by atoms with Gasteiger partial charge in [-0.1, -0.05) is 12.1 Å². The van der Waals surface area contributed by atoms with Crippen molar-refractivity contribution in [3.63, 3.8) is 0 Å². The predicted molar refractivity (Wildman–Crippen MR) is 104 cm³/mol. The molecular formula is C22H25NO5. The smallest absolute Gasteiger partial charge is 0.315 e. The van der Waals surface area contributed by atoms with Crippen LogP contribution in [0.3, 0.4) is 0 Å². The van der Waals surface area contributed by atoms with Crippen molar-refractivity contribution in [3.8, 4) is 5.75 Å². The van der Waals surface area contributed by atoms with Crippen LogP contribution in [-0.4, -0.2) is 29.5 Å². The molecule has 0 bridgehead atoms. The molecule has 1 aromatic rings. The van der Waals surface area contributed by atoms with Gasteiger partial charge in [0.15, 0.2) is 5.78 Å². The molecule has 6 nitrogen and oxygen atoms in total. The van der Waals surface area contributed by atoms with E-state index < -0.39 is 17.8 Å². The average Bonchev–Trinajstić information content (AvgIpc) is 2.60. The van der Waals surface area contributed by atoms with Crippen LogP contribution >= 0.6 is 0 Å². The summed E-state index contributed by atoms with van der Waals surface area (Å²) < 4.78 is 10.6. The van der Waals surface area contributed by atoms with Gasteiger partial charge in [0.05, 0.1) is 6.10 Å². The molecule has 6 heteroatoms. The Bertz CT molecular complexity index is 863. The van der Waals surface area contributed by atoms with Gasteiger partial charge < -0.3 is 9.47 Å². The fourth-order valence-corrected chi connectivity index (χ4v) is 3.89. The van der Waals surface area contributed by atoms with Gasteiger partial charge in [-0.3, -0.25) is 19.4 Å². The van der Waals surface area contributed by atoms with E-state index in [0.717, 1.165) is 24.1 Å². The Morgan fingerprint density at radius 1 is 1.14 bits per heavy atom. The Balaban J connectivity index is 2.06. The van der Waals surface area contributed by atoms with Gasteiger partial charge in [0.2, 0.25) is 0 Å². The van der Waals surface area contributed by atoms with Gasteiger partial charge in [0.1, 0.15) is 11.7 Å². The summed E-state index contributed by atoms with van der Waals surface area (Å²) in [4.78, 5) is 41.4. The highest BCUT2D eigenvalue weighted by molar-refractivity contribution is 6.08. The maximum Gasteiger partial charge on any atom is 0.315 e. The van der Waals surface area contributed by atoms with E-state index in [-0.39, 0.29) is 17.9 Å². The number of allylic oxidation sites excluding steroid dienone is 2. The predicted octanol–water partition coefficient (Wildman–Crippen LogP) is 3.74. The maximum atomic E-state index is 12.9. The Kier molecular flexibility index (Phi) is 5.77. The van der Waals surface area contributed by atoms with E-state index in [1.54, 1.807) is 38.1 Å². The van der Waals surface area contributed by atoms with Crippen molar-refractivity contribution in [2.75, 3.05) is 0 Å². The summed E-state index contributed by atoms with van der Waals surface area (Å²) in [7, 11) is 0. The summed E-state index contributed by atoms with van der Waals surface area (Å²) >= 11 is 0. The van der Waals surface area contributed by atoms with Crippen LogP contribution in [0.2, 0.25) is 0 Å². The number of esters is 2. The van der Waals surface area contributed by atoms with Crippen molar-refractivity contribution in [3.05, 3.63) is 41.1 Å². The van der Waals surface area contributed by atoms with Gasteiger partial charge in [0.25, 0.3) is 0 Å². The zero-order chi connectivity index (χ0) is 20.4. The van der Waals surface area contributed by atoms with Gasteiger partial charge in [-0.25, -0.2) is 0 Å². The molecule has 3 rings (SSSR count). The van der Waals surface area contributed by atoms with E-state index in [4.69, 9.17) is 9.47 Å². The first-order chi connectivity index (χ1) is 13.3. The quantitative estimate of drug-likeness (QED) is 0.584. The molecule has 0 fully saturated rings. The molecule has 1 aromatic carbocycles. The lowest BCUT2D eigenvalue weighted by Gasteiger charge is -2.34. The molecule has 0 radical (unpaired) electrons. The van der Waals surface area contributed by atoms with Crippen molar-refractivity contribution in [2.24, 2.45) is 10.9 Å². The molecule has 0 amide bonds. The summed E-state index contributed by atoms with van der Waals surface area (Å²) in [5, 5.41) is 0. The van der Waals surface area contributed by atoms with Crippen molar-refractivity contribution in [1.82, 2.24) is 0 Å². The Morgan fingerprint density at radius 2 is 1.82 bits per heavy atom. The van der Waals surface area contributed by atoms with Gasteiger partial charge in [-0.05, 0) is 51.3 Å². The Hall–Kier alpha value is -2.76. The third kappa shape index (κ3) is 4.06. The number of ether oxygens (including phenoxy) is 2. The first kappa shape index (κ1) is 20.0. The Morgan fingerprint density at radius 3 is 2.43 bits per heavy atom. The molecule has 1 unspecified atom stereocenters. The largest absolute Gasteiger partial charge is 0.462 e. The average molecular weight is 383 g/mol. The van der Waals surface area contributed by atoms with Gasteiger partial charge in [-0.15, -0.1) is 0 Å². The van der Waals surface area contributed by atoms with Crippen molar-refractivity contribution >= 4 is 23.4 Å². The highest BCUT2D eigenvalue weighted by atomic mass is 16.5. The van der Waals surface area contributed by atoms with Crippen molar-refractivity contribution in [2.45, 2.75) is 59.0 Å². The minimum Gasteiger partial charge on any atom is -0.462 e. The third-order valence-electron chi connectivity index (χ3n) is 4.94. The van der Waals surface area contributed by atoms with Crippen molar-refractivity contribution in [1.29, 1.82) is 0 Å². The zero-order valence-electron chi connectivity index (χ0n) is 16.7. The summed E-state index contributed by atoms with van der Waals surface area (Å²) in [5.74, 6) is -1.42. The fraction of sp³-hybridized carbons (Fsp3) is 0.455. The molecule has 2 aliphatic rings. The van der Waals surface area contributed by atoms with E-state index in [1.165, 1.54) is 6.92 Å². The summed E-state index contributed by atoms with van der Waals surface area (Å²) in [5.41, 5.74) is 2.85. The molecule has 0 aromatic heterocycles. The number of hydrogen-bond donors (Lipinski definition) is 0. The normalized spacial score (nSPS) is 21.9. The van der Waals surface area contributed by atoms with Crippen LogP contribution in [0.25, 0.3) is 0 Å². The van der Waals surface area contributed by atoms with E-state index in [1.807, 2.05) is 6.92 Å². The SMILES string of the molecule is CC(=O)Oc1ccc([C@H]2C3=C(CCCC3=O)N=C(C)C2C(=O)OC(C)C)cc1. The summed E-state index contributed by atoms with van der Waals surface area (Å²) in [6.45, 7) is 6.75. The topological polar surface area (TPSA) is 82.0 Å². The van der Waals surface area contributed by atoms with Gasteiger partial charge in [0, 0.05) is 36.2 Å². The van der Waals surface area contributed by atoms with Crippen LogP contribution in [0.4, 0.5) is 0 Å². The van der Waals surface area contributed by atoms with Crippen LogP contribution in [-0.2, 0) is 19.1 Å². The summed E-state index contributed by atoms with van der Waals surface area (Å²) in [6.07, 6.45) is 1.70. The van der Waals surface area contributed by atoms with Crippen LogP contribution in [0.5, 0.6) is 5.75 Å². The lowest BCUT2D eigenvalue weighted by molar-refractivity contribution is -0.150. The Labute approximate surface area is 164 Å². The van der Waals surface area contributed by atoms with Gasteiger partial charge >= 0.3 is 11.9 Å². The third-order valence-corrected chi connectivity index (χ3v) is 4.94. The zero-order valence-corrected chi connectivity index (χ0v) is 16.7. The number of rotatable bonds is 4. The van der Waals surface area contributed by atoms with E-state index in [0.29, 0.717) is 23.5 Å². The number of carbonyl (C=O) groups excluding carboxylic acids is 3. The van der Waals surface area contributed by atoms with Crippen LogP contribution in [0, 0.1) is 5.92 Å².